The summed E-state index contributed by atoms with van der Waals surface area (Å²) in [5.74, 6) is 0.821. The summed E-state index contributed by atoms with van der Waals surface area (Å²) >= 11 is 0. The van der Waals surface area contributed by atoms with Crippen LogP contribution in [0.4, 0.5) is 0 Å². The number of aromatic amines is 1. The first-order valence-electron chi connectivity index (χ1n) is 10.6. The third-order valence-electron chi connectivity index (χ3n) is 5.88. The zero-order valence-electron chi connectivity index (χ0n) is 17.4. The van der Waals surface area contributed by atoms with Crippen LogP contribution in [0.5, 0.6) is 5.75 Å². The van der Waals surface area contributed by atoms with Gasteiger partial charge in [0.2, 0.25) is 5.91 Å². The number of morpholine rings is 1. The molecule has 0 radical (unpaired) electrons. The molecule has 1 aromatic heterocycles. The topological polar surface area (TPSA) is 67.8 Å². The fourth-order valence-corrected chi connectivity index (χ4v) is 4.19. The third-order valence-corrected chi connectivity index (χ3v) is 5.88. The van der Waals surface area contributed by atoms with Crippen LogP contribution >= 0.6 is 0 Å². The standard InChI is InChI=1S/C24H29N3O3/c1-29-19-6-4-5-18(15-19)21(22-17-26-23-8-3-2-7-20(22)23)16-24(28)25-9-10-27-11-13-30-14-12-27/h2-8,15,17,21,26H,9-14,16H2,1H3,(H,25,28)/p+1/t21-/m0/s1. The van der Waals surface area contributed by atoms with Crippen molar-refractivity contribution in [2.75, 3.05) is 46.5 Å². The first-order chi connectivity index (χ1) is 14.7. The van der Waals surface area contributed by atoms with Gasteiger partial charge in [0.05, 0.1) is 33.4 Å². The summed E-state index contributed by atoms with van der Waals surface area (Å²) in [4.78, 5) is 17.7. The Morgan fingerprint density at radius 1 is 1.20 bits per heavy atom. The molecule has 1 fully saturated rings. The minimum atomic E-state index is -0.0491. The molecule has 3 N–H and O–H groups in total. The minimum absolute atomic E-state index is 0.0491. The van der Waals surface area contributed by atoms with E-state index in [4.69, 9.17) is 9.47 Å². The molecule has 1 atom stereocenters. The number of aromatic nitrogens is 1. The average Bonchev–Trinajstić information content (AvgIpc) is 3.22. The van der Waals surface area contributed by atoms with E-state index in [-0.39, 0.29) is 11.8 Å². The summed E-state index contributed by atoms with van der Waals surface area (Å²) < 4.78 is 10.8. The zero-order valence-corrected chi connectivity index (χ0v) is 17.4. The molecule has 6 nitrogen and oxygen atoms in total. The van der Waals surface area contributed by atoms with Gasteiger partial charge in [0.15, 0.2) is 0 Å². The Morgan fingerprint density at radius 3 is 2.87 bits per heavy atom. The van der Waals surface area contributed by atoms with E-state index < -0.39 is 0 Å². The van der Waals surface area contributed by atoms with Crippen LogP contribution in [0.2, 0.25) is 0 Å². The molecule has 3 aromatic rings. The van der Waals surface area contributed by atoms with Crippen molar-refractivity contribution in [2.45, 2.75) is 12.3 Å². The molecule has 4 rings (SSSR count). The second-order valence-corrected chi connectivity index (χ2v) is 7.79. The number of fused-ring (bicyclic) bond motifs is 1. The first-order valence-corrected chi connectivity index (χ1v) is 10.6. The summed E-state index contributed by atoms with van der Waals surface area (Å²) in [6, 6.07) is 16.2. The number of nitrogens with one attached hydrogen (secondary N) is 3. The van der Waals surface area contributed by atoms with Gasteiger partial charge in [-0.3, -0.25) is 4.79 Å². The summed E-state index contributed by atoms with van der Waals surface area (Å²) in [6.07, 6.45) is 2.42. The van der Waals surface area contributed by atoms with E-state index in [0.29, 0.717) is 13.0 Å². The Hall–Kier alpha value is -2.83. The highest BCUT2D eigenvalue weighted by atomic mass is 16.5. The van der Waals surface area contributed by atoms with Gasteiger partial charge in [-0.25, -0.2) is 0 Å². The molecular formula is C24H30N3O3+. The lowest BCUT2D eigenvalue weighted by Gasteiger charge is -2.24. The monoisotopic (exact) mass is 408 g/mol. The van der Waals surface area contributed by atoms with E-state index in [1.165, 1.54) is 4.90 Å². The maximum atomic E-state index is 12.9. The van der Waals surface area contributed by atoms with Crippen molar-refractivity contribution >= 4 is 16.8 Å². The van der Waals surface area contributed by atoms with Crippen LogP contribution < -0.4 is 15.0 Å². The number of benzene rings is 2. The van der Waals surface area contributed by atoms with Gasteiger partial charge in [0.25, 0.3) is 0 Å². The van der Waals surface area contributed by atoms with Crippen LogP contribution in [0.1, 0.15) is 23.5 Å². The van der Waals surface area contributed by atoms with E-state index in [0.717, 1.165) is 60.6 Å². The smallest absolute Gasteiger partial charge is 0.221 e. The number of carbonyl (C=O) groups is 1. The van der Waals surface area contributed by atoms with Crippen molar-refractivity contribution in [3.05, 3.63) is 65.9 Å². The Morgan fingerprint density at radius 2 is 2.03 bits per heavy atom. The van der Waals surface area contributed by atoms with Crippen molar-refractivity contribution in [3.63, 3.8) is 0 Å². The van der Waals surface area contributed by atoms with E-state index in [2.05, 4.69) is 28.5 Å². The molecule has 1 saturated heterocycles. The van der Waals surface area contributed by atoms with Crippen molar-refractivity contribution in [3.8, 4) is 5.75 Å². The Labute approximate surface area is 177 Å². The molecule has 158 valence electrons. The van der Waals surface area contributed by atoms with E-state index >= 15 is 0 Å². The van der Waals surface area contributed by atoms with Crippen molar-refractivity contribution < 1.29 is 19.2 Å². The number of amides is 1. The van der Waals surface area contributed by atoms with Crippen molar-refractivity contribution in [2.24, 2.45) is 0 Å². The normalized spacial score (nSPS) is 15.8. The largest absolute Gasteiger partial charge is 0.497 e. The van der Waals surface area contributed by atoms with Crippen molar-refractivity contribution in [1.82, 2.24) is 10.3 Å². The summed E-state index contributed by atoms with van der Waals surface area (Å²) in [5.41, 5.74) is 3.29. The van der Waals surface area contributed by atoms with Gasteiger partial charge in [-0.15, -0.1) is 0 Å². The summed E-state index contributed by atoms with van der Waals surface area (Å²) in [6.45, 7) is 5.26. The predicted octanol–water partition coefficient (Wildman–Crippen LogP) is 1.73. The van der Waals surface area contributed by atoms with Gasteiger partial charge in [-0.1, -0.05) is 30.3 Å². The van der Waals surface area contributed by atoms with Gasteiger partial charge in [0.1, 0.15) is 18.8 Å². The lowest BCUT2D eigenvalue weighted by Crippen LogP contribution is -3.14. The highest BCUT2D eigenvalue weighted by Gasteiger charge is 2.22. The van der Waals surface area contributed by atoms with Gasteiger partial charge < -0.3 is 24.7 Å². The molecule has 0 aliphatic carbocycles. The fourth-order valence-electron chi connectivity index (χ4n) is 4.19. The van der Waals surface area contributed by atoms with Crippen LogP contribution in [0.15, 0.2) is 54.7 Å². The Bertz CT molecular complexity index is 978. The number of methoxy groups -OCH3 is 1. The highest BCUT2D eigenvalue weighted by molar-refractivity contribution is 5.86. The third kappa shape index (κ3) is 4.83. The van der Waals surface area contributed by atoms with Gasteiger partial charge >= 0.3 is 0 Å². The second kappa shape index (κ2) is 9.78. The maximum Gasteiger partial charge on any atom is 0.221 e. The Kier molecular flexibility index (Phi) is 6.67. The molecule has 0 unspecified atom stereocenters. The molecule has 1 aliphatic rings. The number of carbonyl (C=O) groups excluding carboxylic acids is 1. The quantitative estimate of drug-likeness (QED) is 0.532. The van der Waals surface area contributed by atoms with Crippen LogP contribution in [0.25, 0.3) is 10.9 Å². The molecule has 0 spiro atoms. The van der Waals surface area contributed by atoms with Crippen LogP contribution in [-0.4, -0.2) is 57.4 Å². The number of hydrogen-bond acceptors (Lipinski definition) is 3. The molecule has 0 saturated carbocycles. The zero-order chi connectivity index (χ0) is 20.8. The number of rotatable bonds is 8. The molecule has 1 amide bonds. The molecule has 6 heteroatoms. The summed E-state index contributed by atoms with van der Waals surface area (Å²) in [7, 11) is 1.67. The number of hydrogen-bond donors (Lipinski definition) is 3. The van der Waals surface area contributed by atoms with Crippen molar-refractivity contribution in [1.29, 1.82) is 0 Å². The SMILES string of the molecule is COc1cccc([C@H](CC(=O)NCC[NH+]2CCOCC2)c2c[nH]c3ccccc23)c1. The Balaban J connectivity index is 1.50. The fraction of sp³-hybridized carbons (Fsp3) is 0.375. The lowest BCUT2D eigenvalue weighted by atomic mass is 9.88. The van der Waals surface area contributed by atoms with E-state index in [1.807, 2.05) is 36.5 Å². The van der Waals surface area contributed by atoms with E-state index in [1.54, 1.807) is 7.11 Å². The summed E-state index contributed by atoms with van der Waals surface area (Å²) in [5, 5.41) is 4.28. The van der Waals surface area contributed by atoms with Crippen LogP contribution in [0, 0.1) is 0 Å². The molecule has 0 bridgehead atoms. The minimum Gasteiger partial charge on any atom is -0.497 e. The van der Waals surface area contributed by atoms with Crippen LogP contribution in [0.3, 0.4) is 0 Å². The van der Waals surface area contributed by atoms with Crippen LogP contribution in [-0.2, 0) is 9.53 Å². The highest BCUT2D eigenvalue weighted by Crippen LogP contribution is 2.34. The molecule has 2 heterocycles. The van der Waals surface area contributed by atoms with Gasteiger partial charge in [-0.05, 0) is 29.3 Å². The van der Waals surface area contributed by atoms with E-state index in [9.17, 15) is 4.79 Å². The molecular weight excluding hydrogens is 378 g/mol. The number of para-hydroxylation sites is 1. The molecule has 30 heavy (non-hydrogen) atoms. The molecule has 1 aliphatic heterocycles. The predicted molar refractivity (Wildman–Crippen MR) is 117 cm³/mol. The number of H-pyrrole nitrogens is 1. The van der Waals surface area contributed by atoms with Gasteiger partial charge in [-0.2, -0.15) is 0 Å². The average molecular weight is 409 g/mol. The van der Waals surface area contributed by atoms with Gasteiger partial charge in [0, 0.05) is 29.4 Å². The second-order valence-electron chi connectivity index (χ2n) is 7.79. The number of quaternary nitrogens is 1. The number of ether oxygens (including phenoxy) is 2. The molecule has 2 aromatic carbocycles. The lowest BCUT2D eigenvalue weighted by molar-refractivity contribution is -0.906. The maximum absolute atomic E-state index is 12.9. The first kappa shape index (κ1) is 20.4.